The van der Waals surface area contributed by atoms with Gasteiger partial charge in [0.15, 0.2) is 0 Å². The lowest BCUT2D eigenvalue weighted by Gasteiger charge is -2.37. The van der Waals surface area contributed by atoms with E-state index in [0.29, 0.717) is 0 Å². The molecule has 0 aromatic heterocycles. The van der Waals surface area contributed by atoms with Crippen LogP contribution in [0.4, 0.5) is 0 Å². The molecule has 2 fully saturated rings. The number of hydrogen-bond donors (Lipinski definition) is 0. The summed E-state index contributed by atoms with van der Waals surface area (Å²) >= 11 is 0. The fourth-order valence-electron chi connectivity index (χ4n) is 5.78. The average Bonchev–Trinajstić information content (AvgIpc) is 3.10. The van der Waals surface area contributed by atoms with E-state index in [-0.39, 0.29) is 0 Å². The molecule has 0 spiro atoms. The Morgan fingerprint density at radius 3 is 2.17 bits per heavy atom. The number of rotatable bonds is 8. The summed E-state index contributed by atoms with van der Waals surface area (Å²) in [6, 6.07) is 18.5. The predicted octanol–water partition coefficient (Wildman–Crippen LogP) is 4.67. The Labute approximate surface area is 212 Å². The SMILES string of the molecule is CCN(CC)C1CCN(Cc2ccc(-c3ccc(CN4CCCN(C)CC4)cc3C#N)cc2)CC1. The molecule has 5 nitrogen and oxygen atoms in total. The maximum absolute atomic E-state index is 9.88. The molecule has 2 aliphatic heterocycles. The Hall–Kier alpha value is -2.23. The van der Waals surface area contributed by atoms with Crippen LogP contribution in [-0.2, 0) is 13.1 Å². The normalized spacial score (nSPS) is 19.1. The third-order valence-corrected chi connectivity index (χ3v) is 7.98. The van der Waals surface area contributed by atoms with Gasteiger partial charge in [-0.2, -0.15) is 5.26 Å². The summed E-state index contributed by atoms with van der Waals surface area (Å²) in [6.07, 6.45) is 3.75. The lowest BCUT2D eigenvalue weighted by molar-refractivity contribution is 0.113. The first-order valence-electron chi connectivity index (χ1n) is 13.6. The van der Waals surface area contributed by atoms with Crippen LogP contribution in [0.2, 0.25) is 0 Å². The van der Waals surface area contributed by atoms with Crippen LogP contribution in [0.1, 0.15) is 49.8 Å². The molecule has 0 saturated carbocycles. The smallest absolute Gasteiger partial charge is 0.0998 e. The molecule has 188 valence electrons. The molecule has 0 unspecified atom stereocenters. The van der Waals surface area contributed by atoms with E-state index in [1.165, 1.54) is 50.0 Å². The molecule has 0 aliphatic carbocycles. The van der Waals surface area contributed by atoms with Crippen molar-refractivity contribution in [1.29, 1.82) is 5.26 Å². The highest BCUT2D eigenvalue weighted by molar-refractivity contribution is 5.71. The van der Waals surface area contributed by atoms with Crippen molar-refractivity contribution in [3.8, 4) is 17.2 Å². The molecule has 0 atom stereocenters. The molecule has 0 bridgehead atoms. The number of nitrogens with zero attached hydrogens (tertiary/aromatic N) is 5. The van der Waals surface area contributed by atoms with E-state index in [4.69, 9.17) is 0 Å². The monoisotopic (exact) mass is 473 g/mol. The molecule has 2 saturated heterocycles. The van der Waals surface area contributed by atoms with Gasteiger partial charge in [0, 0.05) is 32.2 Å². The van der Waals surface area contributed by atoms with E-state index in [1.54, 1.807) is 0 Å². The molecule has 0 N–H and O–H groups in total. The van der Waals surface area contributed by atoms with Crippen molar-refractivity contribution < 1.29 is 0 Å². The van der Waals surface area contributed by atoms with Crippen LogP contribution in [0.5, 0.6) is 0 Å². The molecule has 4 rings (SSSR count). The second-order valence-corrected chi connectivity index (χ2v) is 10.4. The molecule has 5 heteroatoms. The van der Waals surface area contributed by atoms with Gasteiger partial charge in [0.1, 0.15) is 0 Å². The zero-order chi connectivity index (χ0) is 24.6. The van der Waals surface area contributed by atoms with E-state index >= 15 is 0 Å². The first-order valence-corrected chi connectivity index (χ1v) is 13.6. The van der Waals surface area contributed by atoms with Gasteiger partial charge in [-0.05, 0) is 93.9 Å². The second-order valence-electron chi connectivity index (χ2n) is 10.4. The lowest BCUT2D eigenvalue weighted by Crippen LogP contribution is -2.44. The predicted molar refractivity (Wildman–Crippen MR) is 145 cm³/mol. The Balaban J connectivity index is 1.36. The lowest BCUT2D eigenvalue weighted by atomic mass is 9.96. The van der Waals surface area contributed by atoms with E-state index < -0.39 is 0 Å². The van der Waals surface area contributed by atoms with Crippen molar-refractivity contribution in [2.75, 3.05) is 59.4 Å². The van der Waals surface area contributed by atoms with Gasteiger partial charge < -0.3 is 9.80 Å². The van der Waals surface area contributed by atoms with E-state index in [9.17, 15) is 5.26 Å². The second kappa shape index (κ2) is 12.6. The summed E-state index contributed by atoms with van der Waals surface area (Å²) in [5.74, 6) is 0. The van der Waals surface area contributed by atoms with Crippen molar-refractivity contribution in [2.24, 2.45) is 0 Å². The highest BCUT2D eigenvalue weighted by atomic mass is 15.2. The summed E-state index contributed by atoms with van der Waals surface area (Å²) in [7, 11) is 2.20. The van der Waals surface area contributed by atoms with E-state index in [1.807, 2.05) is 0 Å². The van der Waals surface area contributed by atoms with E-state index in [2.05, 4.69) is 89.0 Å². The summed E-state index contributed by atoms with van der Waals surface area (Å²) in [5.41, 5.74) is 5.54. The van der Waals surface area contributed by atoms with Gasteiger partial charge in [-0.1, -0.05) is 50.2 Å². The van der Waals surface area contributed by atoms with Gasteiger partial charge in [-0.3, -0.25) is 9.80 Å². The topological polar surface area (TPSA) is 36.8 Å². The zero-order valence-electron chi connectivity index (χ0n) is 22.0. The van der Waals surface area contributed by atoms with Crippen LogP contribution in [-0.4, -0.2) is 85.0 Å². The Morgan fingerprint density at radius 2 is 1.49 bits per heavy atom. The fourth-order valence-corrected chi connectivity index (χ4v) is 5.78. The van der Waals surface area contributed by atoms with Gasteiger partial charge in [-0.25, -0.2) is 0 Å². The molecule has 35 heavy (non-hydrogen) atoms. The Kier molecular flexibility index (Phi) is 9.34. The van der Waals surface area contributed by atoms with Crippen molar-refractivity contribution in [2.45, 2.75) is 52.2 Å². The first kappa shape index (κ1) is 25.9. The quantitative estimate of drug-likeness (QED) is 0.557. The molecule has 2 heterocycles. The highest BCUT2D eigenvalue weighted by Crippen LogP contribution is 2.26. The van der Waals surface area contributed by atoms with Crippen molar-refractivity contribution in [1.82, 2.24) is 19.6 Å². The summed E-state index contributed by atoms with van der Waals surface area (Å²) in [4.78, 5) is 10.1. The minimum absolute atomic E-state index is 0.747. The van der Waals surface area contributed by atoms with Gasteiger partial charge in [-0.15, -0.1) is 0 Å². The molecular formula is C30H43N5. The number of piperidine rings is 1. The average molecular weight is 474 g/mol. The highest BCUT2D eigenvalue weighted by Gasteiger charge is 2.22. The van der Waals surface area contributed by atoms with Crippen LogP contribution >= 0.6 is 0 Å². The van der Waals surface area contributed by atoms with Gasteiger partial charge >= 0.3 is 0 Å². The number of benzene rings is 2. The van der Waals surface area contributed by atoms with Crippen LogP contribution in [0.15, 0.2) is 42.5 Å². The minimum Gasteiger partial charge on any atom is -0.305 e. The summed E-state index contributed by atoms with van der Waals surface area (Å²) in [6.45, 7) is 15.7. The molecule has 2 aromatic carbocycles. The van der Waals surface area contributed by atoms with Crippen LogP contribution in [0.3, 0.4) is 0 Å². The maximum atomic E-state index is 9.88. The van der Waals surface area contributed by atoms with Gasteiger partial charge in [0.2, 0.25) is 0 Å². The summed E-state index contributed by atoms with van der Waals surface area (Å²) < 4.78 is 0. The molecular weight excluding hydrogens is 430 g/mol. The molecule has 2 aliphatic rings. The van der Waals surface area contributed by atoms with Crippen molar-refractivity contribution in [3.63, 3.8) is 0 Å². The third kappa shape index (κ3) is 6.92. The standard InChI is InChI=1S/C30H43N5/c1-4-35(5-2)29-13-17-34(18-14-29)23-25-7-10-27(11-8-25)30-12-9-26(21-28(30)22-31)24-33-16-6-15-32(3)19-20-33/h7-12,21,29H,4-6,13-20,23-24H2,1-3H3. The van der Waals surface area contributed by atoms with E-state index in [0.717, 1.165) is 68.5 Å². The largest absolute Gasteiger partial charge is 0.305 e. The van der Waals surface area contributed by atoms with Crippen molar-refractivity contribution >= 4 is 0 Å². The fraction of sp³-hybridized carbons (Fsp3) is 0.567. The van der Waals surface area contributed by atoms with Crippen LogP contribution in [0.25, 0.3) is 11.1 Å². The molecule has 0 amide bonds. The zero-order valence-corrected chi connectivity index (χ0v) is 22.0. The third-order valence-electron chi connectivity index (χ3n) is 7.98. The van der Waals surface area contributed by atoms with Crippen molar-refractivity contribution in [3.05, 3.63) is 59.2 Å². The summed E-state index contributed by atoms with van der Waals surface area (Å²) in [5, 5.41) is 9.88. The Bertz CT molecular complexity index is 967. The first-order chi connectivity index (χ1) is 17.1. The maximum Gasteiger partial charge on any atom is 0.0998 e. The molecule has 2 aromatic rings. The number of nitriles is 1. The number of likely N-dealkylation sites (N-methyl/N-ethyl adjacent to an activating group) is 1. The number of hydrogen-bond acceptors (Lipinski definition) is 5. The molecule has 0 radical (unpaired) electrons. The number of likely N-dealkylation sites (tertiary alicyclic amines) is 1. The van der Waals surface area contributed by atoms with Gasteiger partial charge in [0.05, 0.1) is 11.6 Å². The minimum atomic E-state index is 0.747. The Morgan fingerprint density at radius 1 is 0.829 bits per heavy atom. The van der Waals surface area contributed by atoms with Crippen LogP contribution < -0.4 is 0 Å². The van der Waals surface area contributed by atoms with Gasteiger partial charge in [0.25, 0.3) is 0 Å². The van der Waals surface area contributed by atoms with Crippen LogP contribution in [0, 0.1) is 11.3 Å².